The molecule has 4 N–H and O–H groups in total. The van der Waals surface area contributed by atoms with E-state index >= 15 is 0 Å². The molecule has 24 heavy (non-hydrogen) atoms. The van der Waals surface area contributed by atoms with Gasteiger partial charge in [0.05, 0.1) is 23.1 Å². The Bertz CT molecular complexity index is 832. The monoisotopic (exact) mass is 332 g/mol. The van der Waals surface area contributed by atoms with Crippen molar-refractivity contribution < 1.29 is 24.1 Å². The Morgan fingerprint density at radius 3 is 2.62 bits per heavy atom. The van der Waals surface area contributed by atoms with Gasteiger partial charge in [-0.25, -0.2) is 4.39 Å². The van der Waals surface area contributed by atoms with E-state index in [4.69, 9.17) is 4.74 Å². The molecule has 1 aromatic carbocycles. The summed E-state index contributed by atoms with van der Waals surface area (Å²) in [5.74, 6) is -0.973. The average molecular weight is 332 g/mol. The number of aromatic hydroxyl groups is 2. The van der Waals surface area contributed by atoms with Gasteiger partial charge in [-0.05, 0) is 44.0 Å². The van der Waals surface area contributed by atoms with E-state index in [9.17, 15) is 19.4 Å². The number of rotatable bonds is 3. The van der Waals surface area contributed by atoms with Crippen molar-refractivity contribution in [2.45, 2.75) is 37.4 Å². The molecule has 1 saturated heterocycles. The van der Waals surface area contributed by atoms with Crippen molar-refractivity contribution >= 4 is 11.6 Å². The van der Waals surface area contributed by atoms with Crippen LogP contribution in [0.5, 0.6) is 11.8 Å². The second kappa shape index (κ2) is 4.73. The molecule has 0 aliphatic carbocycles. The van der Waals surface area contributed by atoms with Crippen LogP contribution in [0.15, 0.2) is 24.3 Å². The largest absolute Gasteiger partial charge is 0.494 e. The molecule has 1 amide bonds. The highest BCUT2D eigenvalue weighted by Crippen LogP contribution is 2.64. The van der Waals surface area contributed by atoms with Crippen LogP contribution in [0.2, 0.25) is 0 Å². The number of H-pyrrole nitrogens is 1. The van der Waals surface area contributed by atoms with Crippen LogP contribution in [0, 0.1) is 5.82 Å². The van der Waals surface area contributed by atoms with Crippen LogP contribution in [0.25, 0.3) is 0 Å². The van der Waals surface area contributed by atoms with E-state index in [1.54, 1.807) is 0 Å². The smallest absolute Gasteiger partial charge is 0.227 e. The fourth-order valence-electron chi connectivity index (χ4n) is 3.97. The molecule has 7 heteroatoms. The number of hydrogen-bond acceptors (Lipinski definition) is 4. The topological polar surface area (TPSA) is 94.6 Å². The normalized spacial score (nSPS) is 27.2. The second-order valence-electron chi connectivity index (χ2n) is 6.63. The van der Waals surface area contributed by atoms with E-state index in [0.29, 0.717) is 29.7 Å². The molecule has 0 spiro atoms. The lowest BCUT2D eigenvalue weighted by Crippen LogP contribution is -2.29. The Kier molecular flexibility index (Phi) is 2.96. The van der Waals surface area contributed by atoms with Crippen molar-refractivity contribution in [2.75, 3.05) is 5.32 Å². The van der Waals surface area contributed by atoms with E-state index in [1.165, 1.54) is 24.3 Å². The first kappa shape index (κ1) is 15.0. The van der Waals surface area contributed by atoms with Gasteiger partial charge in [0, 0.05) is 5.69 Å². The molecule has 6 nitrogen and oxygen atoms in total. The van der Waals surface area contributed by atoms with Gasteiger partial charge in [0.15, 0.2) is 11.8 Å². The van der Waals surface area contributed by atoms with E-state index in [0.717, 1.165) is 0 Å². The van der Waals surface area contributed by atoms with Gasteiger partial charge >= 0.3 is 0 Å². The number of benzene rings is 1. The van der Waals surface area contributed by atoms with Crippen molar-refractivity contribution in [1.29, 1.82) is 0 Å². The highest BCUT2D eigenvalue weighted by molar-refractivity contribution is 5.91. The number of nitrogens with one attached hydrogen (secondary N) is 2. The molecule has 2 aliphatic heterocycles. The summed E-state index contributed by atoms with van der Waals surface area (Å²) >= 11 is 0. The molecule has 0 radical (unpaired) electrons. The predicted octanol–water partition coefficient (Wildman–Crippen LogP) is 2.83. The molecule has 2 aliphatic rings. The van der Waals surface area contributed by atoms with Gasteiger partial charge in [-0.1, -0.05) is 0 Å². The van der Waals surface area contributed by atoms with Crippen LogP contribution in [0.3, 0.4) is 0 Å². The number of carbonyl (C=O) groups excluding carboxylic acids is 1. The van der Waals surface area contributed by atoms with Crippen molar-refractivity contribution in [2.24, 2.45) is 0 Å². The predicted molar refractivity (Wildman–Crippen MR) is 83.1 cm³/mol. The van der Waals surface area contributed by atoms with Gasteiger partial charge in [-0.15, -0.1) is 0 Å². The summed E-state index contributed by atoms with van der Waals surface area (Å²) in [5.41, 5.74) is -0.204. The van der Waals surface area contributed by atoms with Crippen LogP contribution in [0.4, 0.5) is 10.1 Å². The number of anilines is 1. The molecule has 2 atom stereocenters. The van der Waals surface area contributed by atoms with Crippen LogP contribution in [0.1, 0.15) is 37.3 Å². The molecule has 4 rings (SSSR count). The molecule has 3 heterocycles. The number of halogens is 1. The first-order valence-corrected chi connectivity index (χ1v) is 7.73. The highest BCUT2D eigenvalue weighted by Gasteiger charge is 2.61. The maximum absolute atomic E-state index is 12.9. The summed E-state index contributed by atoms with van der Waals surface area (Å²) in [6.07, 6.45) is 1.21. The van der Waals surface area contributed by atoms with Crippen LogP contribution < -0.4 is 5.32 Å². The Labute approximate surface area is 137 Å². The van der Waals surface area contributed by atoms with Gasteiger partial charge in [0.2, 0.25) is 5.91 Å². The van der Waals surface area contributed by atoms with Crippen molar-refractivity contribution in [3.8, 4) is 11.8 Å². The number of carbonyl (C=O) groups is 1. The lowest BCUT2D eigenvalue weighted by atomic mass is 9.77. The van der Waals surface area contributed by atoms with Crippen molar-refractivity contribution in [3.05, 3.63) is 41.2 Å². The van der Waals surface area contributed by atoms with Crippen LogP contribution in [-0.2, 0) is 20.7 Å². The zero-order valence-corrected chi connectivity index (χ0v) is 13.0. The quantitative estimate of drug-likeness (QED) is 0.695. The Balaban J connectivity index is 1.61. The maximum atomic E-state index is 12.9. The maximum Gasteiger partial charge on any atom is 0.227 e. The minimum atomic E-state index is -0.963. The zero-order chi connectivity index (χ0) is 17.1. The number of amides is 1. The second-order valence-corrected chi connectivity index (χ2v) is 6.63. The first-order chi connectivity index (χ1) is 11.3. The summed E-state index contributed by atoms with van der Waals surface area (Å²) in [4.78, 5) is 14.9. The van der Waals surface area contributed by atoms with Gasteiger partial charge in [0.25, 0.3) is 0 Å². The summed E-state index contributed by atoms with van der Waals surface area (Å²) in [6.45, 7) is 1.84. The fourth-order valence-corrected chi connectivity index (χ4v) is 3.97. The molecule has 1 fully saturated rings. The van der Waals surface area contributed by atoms with Gasteiger partial charge in [-0.3, -0.25) is 9.78 Å². The summed E-state index contributed by atoms with van der Waals surface area (Å²) in [7, 11) is 0. The fraction of sp³-hybridized carbons (Fsp3) is 0.353. The van der Waals surface area contributed by atoms with Crippen molar-refractivity contribution in [1.82, 2.24) is 4.98 Å². The van der Waals surface area contributed by atoms with Gasteiger partial charge in [0.1, 0.15) is 11.4 Å². The third kappa shape index (κ3) is 2.01. The Morgan fingerprint density at radius 1 is 1.25 bits per heavy atom. The number of fused-ring (bicyclic) bond motifs is 5. The minimum absolute atomic E-state index is 0.00216. The molecule has 0 saturated carbocycles. The number of aromatic amines is 1. The summed E-state index contributed by atoms with van der Waals surface area (Å²) in [5, 5.41) is 22.8. The molecule has 126 valence electrons. The van der Waals surface area contributed by atoms with Crippen LogP contribution >= 0.6 is 0 Å². The number of aromatic nitrogens is 1. The number of hydrogen-bond donors (Lipinski definition) is 4. The lowest BCUT2D eigenvalue weighted by Gasteiger charge is -2.25. The molecule has 1 aromatic heterocycles. The summed E-state index contributed by atoms with van der Waals surface area (Å²) in [6, 6.07) is 5.48. The third-order valence-electron chi connectivity index (χ3n) is 4.95. The van der Waals surface area contributed by atoms with Gasteiger partial charge < -0.3 is 20.3 Å². The van der Waals surface area contributed by atoms with Crippen molar-refractivity contribution in [3.63, 3.8) is 0 Å². The SMILES string of the molecule is CC12CCC(CC(=O)Nc3ccc(F)cc3)(O1)c1c(O)[nH]c(O)c12. The standard InChI is InChI=1S/C17H17FN2O4/c1-16-6-7-17(24-16,13-12(16)14(22)20-15(13)23)8-11(21)19-10-4-2-9(18)3-5-10/h2-5,20,22-23H,6-8H2,1H3,(H,19,21). The van der Waals surface area contributed by atoms with E-state index in [2.05, 4.69) is 10.3 Å². The summed E-state index contributed by atoms with van der Waals surface area (Å²) < 4.78 is 19.0. The van der Waals surface area contributed by atoms with Crippen LogP contribution in [-0.4, -0.2) is 21.1 Å². The van der Waals surface area contributed by atoms with Gasteiger partial charge in [-0.2, -0.15) is 0 Å². The highest BCUT2D eigenvalue weighted by atomic mass is 19.1. The molecular weight excluding hydrogens is 315 g/mol. The molecular formula is C17H17FN2O4. The Hall–Kier alpha value is -2.54. The molecule has 2 bridgehead atoms. The molecule has 2 unspecified atom stereocenters. The third-order valence-corrected chi connectivity index (χ3v) is 4.95. The average Bonchev–Trinajstić information content (AvgIpc) is 3.09. The minimum Gasteiger partial charge on any atom is -0.494 e. The lowest BCUT2D eigenvalue weighted by molar-refractivity contribution is -0.127. The Morgan fingerprint density at radius 2 is 1.92 bits per heavy atom. The molecule has 2 aromatic rings. The van der Waals surface area contributed by atoms with E-state index < -0.39 is 11.2 Å². The first-order valence-electron chi connectivity index (χ1n) is 7.73. The number of ether oxygens (including phenoxy) is 1. The van der Waals surface area contributed by atoms with E-state index in [1.807, 2.05) is 6.92 Å². The van der Waals surface area contributed by atoms with E-state index in [-0.39, 0.29) is 29.9 Å². The zero-order valence-electron chi connectivity index (χ0n) is 13.0.